The molecule has 0 heterocycles. The predicted molar refractivity (Wildman–Crippen MR) is 50.9 cm³/mol. The van der Waals surface area contributed by atoms with Gasteiger partial charge in [-0.25, -0.2) is 0 Å². The van der Waals surface area contributed by atoms with Crippen LogP contribution < -0.4 is 4.98 Å². The van der Waals surface area contributed by atoms with Crippen LogP contribution in [-0.2, 0) is 4.74 Å². The van der Waals surface area contributed by atoms with Gasteiger partial charge in [-0.05, 0) is 27.7 Å². The first-order valence-corrected chi connectivity index (χ1v) is 6.56. The van der Waals surface area contributed by atoms with Crippen LogP contribution in [0, 0.1) is 0 Å². The number of hydrogen-bond acceptors (Lipinski definition) is 2. The second-order valence-corrected chi connectivity index (χ2v) is 6.31. The first kappa shape index (κ1) is 11.1. The van der Waals surface area contributed by atoms with Crippen LogP contribution in [0.25, 0.3) is 0 Å². The summed E-state index contributed by atoms with van der Waals surface area (Å²) in [6.07, 6.45) is 0.180. The third kappa shape index (κ3) is 8.04. The van der Waals surface area contributed by atoms with Crippen molar-refractivity contribution in [3.8, 4) is 0 Å². The van der Waals surface area contributed by atoms with Crippen molar-refractivity contribution in [3.63, 3.8) is 0 Å². The Hall–Kier alpha value is 0.137. The van der Waals surface area contributed by atoms with E-state index < -0.39 is 0 Å². The summed E-state index contributed by atoms with van der Waals surface area (Å²) in [7, 11) is -0.380. The highest BCUT2D eigenvalue weighted by Crippen LogP contribution is 2.08. The molecule has 0 bridgehead atoms. The molecule has 0 aliphatic heterocycles. The van der Waals surface area contributed by atoms with E-state index in [1.165, 1.54) is 0 Å². The van der Waals surface area contributed by atoms with Crippen molar-refractivity contribution in [1.29, 1.82) is 0 Å². The zero-order chi connectivity index (χ0) is 9.07. The summed E-state index contributed by atoms with van der Waals surface area (Å²) in [4.78, 5) is 3.38. The molecule has 0 aliphatic carbocycles. The molecule has 67 valence electrons. The molecule has 0 aromatic heterocycles. The molecular weight excluding hydrogens is 154 g/mol. The van der Waals surface area contributed by atoms with Gasteiger partial charge >= 0.3 is 0 Å². The second-order valence-electron chi connectivity index (χ2n) is 4.02. The topological polar surface area (TPSA) is 21.3 Å². The van der Waals surface area contributed by atoms with E-state index in [-0.39, 0.29) is 20.8 Å². The number of ether oxygens (including phenoxy) is 1. The quantitative estimate of drug-likeness (QED) is 0.522. The molecule has 1 unspecified atom stereocenters. The highest BCUT2D eigenvalue weighted by molar-refractivity contribution is 6.52. The van der Waals surface area contributed by atoms with Crippen molar-refractivity contribution in [2.24, 2.45) is 0 Å². The van der Waals surface area contributed by atoms with E-state index >= 15 is 0 Å². The number of rotatable bonds is 3. The minimum Gasteiger partial charge on any atom is -0.359 e. The van der Waals surface area contributed by atoms with Crippen molar-refractivity contribution in [2.75, 3.05) is 0 Å². The van der Waals surface area contributed by atoms with E-state index in [9.17, 15) is 0 Å². The lowest BCUT2D eigenvalue weighted by Crippen LogP contribution is -2.41. The van der Waals surface area contributed by atoms with Crippen LogP contribution in [0.5, 0.6) is 0 Å². The van der Waals surface area contributed by atoms with Crippen LogP contribution in [0.3, 0.4) is 0 Å². The van der Waals surface area contributed by atoms with Crippen molar-refractivity contribution < 1.29 is 4.74 Å². The SMILES string of the molecule is CC(N[Si](C)C)OC(C)(C)C. The Kier molecular flexibility index (Phi) is 4.29. The summed E-state index contributed by atoms with van der Waals surface area (Å²) < 4.78 is 5.66. The minimum absolute atomic E-state index is 0.0380. The molecule has 2 nitrogen and oxygen atoms in total. The van der Waals surface area contributed by atoms with E-state index in [1.807, 2.05) is 0 Å². The maximum Gasteiger partial charge on any atom is 0.129 e. The molecule has 0 rings (SSSR count). The number of hydrogen-bond donors (Lipinski definition) is 1. The van der Waals surface area contributed by atoms with E-state index in [0.717, 1.165) is 0 Å². The van der Waals surface area contributed by atoms with Crippen molar-refractivity contribution >= 4 is 8.96 Å². The molecule has 1 atom stereocenters. The fraction of sp³-hybridized carbons (Fsp3) is 1.00. The summed E-state index contributed by atoms with van der Waals surface area (Å²) in [5.41, 5.74) is -0.0380. The molecule has 3 heteroatoms. The smallest absolute Gasteiger partial charge is 0.129 e. The molecule has 0 amide bonds. The molecule has 0 aliphatic rings. The van der Waals surface area contributed by atoms with Gasteiger partial charge in [-0.15, -0.1) is 0 Å². The maximum atomic E-state index is 5.66. The van der Waals surface area contributed by atoms with Gasteiger partial charge in [0.2, 0.25) is 0 Å². The Morgan fingerprint density at radius 1 is 1.27 bits per heavy atom. The third-order valence-corrected chi connectivity index (χ3v) is 2.01. The van der Waals surface area contributed by atoms with E-state index in [4.69, 9.17) is 4.74 Å². The average molecular weight is 174 g/mol. The van der Waals surface area contributed by atoms with Gasteiger partial charge < -0.3 is 9.72 Å². The Morgan fingerprint density at radius 2 is 1.73 bits per heavy atom. The van der Waals surface area contributed by atoms with Gasteiger partial charge in [0.1, 0.15) is 8.96 Å². The van der Waals surface area contributed by atoms with Gasteiger partial charge in [-0.1, -0.05) is 13.1 Å². The average Bonchev–Trinajstić information content (AvgIpc) is 1.53. The fourth-order valence-corrected chi connectivity index (χ4v) is 1.84. The zero-order valence-electron chi connectivity index (χ0n) is 8.49. The van der Waals surface area contributed by atoms with Crippen molar-refractivity contribution in [2.45, 2.75) is 52.6 Å². The normalized spacial score (nSPS) is 15.5. The van der Waals surface area contributed by atoms with Gasteiger partial charge in [0, 0.05) is 0 Å². The second kappa shape index (κ2) is 4.23. The summed E-state index contributed by atoms with van der Waals surface area (Å²) in [6, 6.07) is 0. The summed E-state index contributed by atoms with van der Waals surface area (Å²) >= 11 is 0. The standard InChI is InChI=1S/C8H20NOSi/c1-7(9-11(5)6)10-8(2,3)4/h7,9H,1-6H3. The lowest BCUT2D eigenvalue weighted by atomic mass is 10.2. The third-order valence-electron chi connectivity index (χ3n) is 1.02. The lowest BCUT2D eigenvalue weighted by Gasteiger charge is -2.26. The van der Waals surface area contributed by atoms with Gasteiger partial charge in [0.05, 0.1) is 11.8 Å². The molecular formula is C8H20NOSi. The van der Waals surface area contributed by atoms with Crippen molar-refractivity contribution in [3.05, 3.63) is 0 Å². The van der Waals surface area contributed by atoms with Crippen LogP contribution in [0.2, 0.25) is 13.1 Å². The lowest BCUT2D eigenvalue weighted by molar-refractivity contribution is -0.0563. The van der Waals surface area contributed by atoms with E-state index in [0.29, 0.717) is 0 Å². The first-order valence-electron chi connectivity index (χ1n) is 4.06. The fourth-order valence-electron chi connectivity index (χ4n) is 0.966. The Labute approximate surface area is 72.0 Å². The van der Waals surface area contributed by atoms with Gasteiger partial charge in [0.25, 0.3) is 0 Å². The molecule has 0 aromatic rings. The Balaban J connectivity index is 3.61. The van der Waals surface area contributed by atoms with E-state index in [2.05, 4.69) is 45.8 Å². The number of nitrogens with one attached hydrogen (secondary N) is 1. The summed E-state index contributed by atoms with van der Waals surface area (Å²) in [6.45, 7) is 12.7. The van der Waals surface area contributed by atoms with Crippen molar-refractivity contribution in [1.82, 2.24) is 4.98 Å². The molecule has 11 heavy (non-hydrogen) atoms. The van der Waals surface area contributed by atoms with Crippen LogP contribution in [0.1, 0.15) is 27.7 Å². The van der Waals surface area contributed by atoms with Gasteiger partial charge in [-0.3, -0.25) is 0 Å². The van der Waals surface area contributed by atoms with Crippen LogP contribution >= 0.6 is 0 Å². The van der Waals surface area contributed by atoms with Crippen LogP contribution in [-0.4, -0.2) is 20.8 Å². The first-order chi connectivity index (χ1) is 4.81. The van der Waals surface area contributed by atoms with Crippen LogP contribution in [0.15, 0.2) is 0 Å². The maximum absolute atomic E-state index is 5.66. The molecule has 1 N–H and O–H groups in total. The van der Waals surface area contributed by atoms with E-state index in [1.54, 1.807) is 0 Å². The molecule has 0 spiro atoms. The van der Waals surface area contributed by atoms with Gasteiger partial charge in [0.15, 0.2) is 0 Å². The monoisotopic (exact) mass is 174 g/mol. The molecule has 1 radical (unpaired) electrons. The predicted octanol–water partition coefficient (Wildman–Crippen LogP) is 1.99. The molecule has 0 aromatic carbocycles. The minimum atomic E-state index is -0.380. The molecule has 0 saturated heterocycles. The largest absolute Gasteiger partial charge is 0.359 e. The highest BCUT2D eigenvalue weighted by Gasteiger charge is 2.15. The summed E-state index contributed by atoms with van der Waals surface area (Å²) in [5.74, 6) is 0. The van der Waals surface area contributed by atoms with Crippen LogP contribution in [0.4, 0.5) is 0 Å². The Bertz CT molecular complexity index is 109. The van der Waals surface area contributed by atoms with Gasteiger partial charge in [-0.2, -0.15) is 0 Å². The molecule has 0 fully saturated rings. The highest BCUT2D eigenvalue weighted by atomic mass is 28.3. The summed E-state index contributed by atoms with van der Waals surface area (Å²) in [5, 5.41) is 0. The Morgan fingerprint density at radius 3 is 2.00 bits per heavy atom. The zero-order valence-corrected chi connectivity index (χ0v) is 9.49. The molecule has 0 saturated carbocycles.